The van der Waals surface area contributed by atoms with Crippen LogP contribution >= 0.6 is 0 Å². The highest BCUT2D eigenvalue weighted by molar-refractivity contribution is 5.95. The first-order valence-electron chi connectivity index (χ1n) is 20.7. The largest absolute Gasteiger partial charge is 0.481 e. The Morgan fingerprint density at radius 3 is 1.88 bits per heavy atom. The smallest absolute Gasteiger partial charge is 0.335 e. The zero-order valence-electron chi connectivity index (χ0n) is 34.4. The molecule has 2 heterocycles. The van der Waals surface area contributed by atoms with E-state index in [-0.39, 0.29) is 34.4 Å². The Balaban J connectivity index is 1.17. The number of carbonyl (C=O) groups excluding carboxylic acids is 1. The lowest BCUT2D eigenvalue weighted by Gasteiger charge is -2.70. The van der Waals surface area contributed by atoms with Gasteiger partial charge in [0.2, 0.25) is 0 Å². The number of hydrogen-bond donors (Lipinski definition) is 8. The number of fused-ring (bicyclic) bond motifs is 7. The summed E-state index contributed by atoms with van der Waals surface area (Å²) in [5.41, 5.74) is -1.81. The molecule has 4 saturated carbocycles. The Bertz CT molecular complexity index is 1730. The van der Waals surface area contributed by atoms with Gasteiger partial charge in [0.1, 0.15) is 36.6 Å². The van der Waals surface area contributed by atoms with Crippen molar-refractivity contribution in [3.63, 3.8) is 0 Å². The fourth-order valence-electron chi connectivity index (χ4n) is 13.4. The predicted octanol–water partition coefficient (Wildman–Crippen LogP) is 2.25. The molecule has 2 aliphatic heterocycles. The van der Waals surface area contributed by atoms with E-state index in [4.69, 9.17) is 18.9 Å². The minimum Gasteiger partial charge on any atom is -0.481 e. The van der Waals surface area contributed by atoms with Crippen molar-refractivity contribution in [1.82, 2.24) is 0 Å². The summed E-state index contributed by atoms with van der Waals surface area (Å²) in [5.74, 6) is -4.47. The molecule has 7 rings (SSSR count). The number of rotatable bonds is 7. The molecule has 2 saturated heterocycles. The van der Waals surface area contributed by atoms with Crippen molar-refractivity contribution in [3.05, 3.63) is 11.6 Å². The Hall–Kier alpha value is -2.54. The van der Waals surface area contributed by atoms with Crippen LogP contribution in [0.4, 0.5) is 0 Å². The molecule has 58 heavy (non-hydrogen) atoms. The second kappa shape index (κ2) is 14.3. The van der Waals surface area contributed by atoms with E-state index in [0.29, 0.717) is 25.7 Å². The number of hydrogen-bond acceptors (Lipinski definition) is 13. The van der Waals surface area contributed by atoms with E-state index < -0.39 is 107 Å². The SMILES string of the molecule is CC1(C)[C@@H](O[C@H]2O[C@H](C(=O)O)[C@@H](O)[C@H](O)[C@H]2O[C@@H]2O[C@H](C(=O)O)[C@@H](O)[C@H](O)[C@H]2O)CC[C@]2(C)[C@H]3C(=O)C=C4[C@@H]5C[C@@](C)(C(=O)O)CC[C@]5(C)CC[C@]4(C)[C@@]3(C)CC[C@@H]12. The van der Waals surface area contributed by atoms with E-state index in [1.165, 1.54) is 0 Å². The number of aliphatic hydroxyl groups is 5. The highest BCUT2D eigenvalue weighted by Gasteiger charge is 2.71. The van der Waals surface area contributed by atoms with Crippen LogP contribution in [0.3, 0.4) is 0 Å². The first-order chi connectivity index (χ1) is 26.8. The lowest BCUT2D eigenvalue weighted by molar-refractivity contribution is -0.371. The van der Waals surface area contributed by atoms with Gasteiger partial charge in [0.05, 0.1) is 11.5 Å². The van der Waals surface area contributed by atoms with Gasteiger partial charge in [-0.1, -0.05) is 47.1 Å². The lowest BCUT2D eigenvalue weighted by atomic mass is 9.33. The van der Waals surface area contributed by atoms with Gasteiger partial charge in [-0.15, -0.1) is 0 Å². The van der Waals surface area contributed by atoms with Gasteiger partial charge < -0.3 is 59.8 Å². The Morgan fingerprint density at radius 2 is 1.28 bits per heavy atom. The van der Waals surface area contributed by atoms with E-state index >= 15 is 0 Å². The van der Waals surface area contributed by atoms with E-state index in [1.807, 2.05) is 26.8 Å². The third-order valence-electron chi connectivity index (χ3n) is 17.2. The summed E-state index contributed by atoms with van der Waals surface area (Å²) in [5, 5.41) is 83.0. The quantitative estimate of drug-likeness (QED) is 0.171. The van der Waals surface area contributed by atoms with Crippen LogP contribution in [0.15, 0.2) is 11.6 Å². The molecule has 19 atom stereocenters. The van der Waals surface area contributed by atoms with E-state index in [2.05, 4.69) is 27.7 Å². The second-order valence-corrected chi connectivity index (χ2v) is 20.6. The summed E-state index contributed by atoms with van der Waals surface area (Å²) >= 11 is 0. The predicted molar refractivity (Wildman–Crippen MR) is 199 cm³/mol. The summed E-state index contributed by atoms with van der Waals surface area (Å²) in [4.78, 5) is 51.3. The molecule has 326 valence electrons. The van der Waals surface area contributed by atoms with Crippen molar-refractivity contribution in [2.45, 2.75) is 174 Å². The number of allylic oxidation sites excluding steroid dienone is 2. The van der Waals surface area contributed by atoms with Crippen LogP contribution in [0.2, 0.25) is 0 Å². The summed E-state index contributed by atoms with van der Waals surface area (Å²) in [6.45, 7) is 14.8. The summed E-state index contributed by atoms with van der Waals surface area (Å²) < 4.78 is 23.4. The number of carboxylic acids is 3. The molecule has 0 unspecified atom stereocenters. The van der Waals surface area contributed by atoms with Gasteiger partial charge in [-0.2, -0.15) is 0 Å². The molecule has 0 aromatic carbocycles. The molecule has 8 N–H and O–H groups in total. The number of carbonyl (C=O) groups is 4. The first kappa shape index (κ1) is 43.5. The van der Waals surface area contributed by atoms with Crippen LogP contribution in [0, 0.1) is 50.2 Å². The fourth-order valence-corrected chi connectivity index (χ4v) is 13.4. The van der Waals surface area contributed by atoms with E-state index in [1.54, 1.807) is 0 Å². The fraction of sp³-hybridized carbons (Fsp3) is 0.857. The van der Waals surface area contributed by atoms with Gasteiger partial charge in [0, 0.05) is 5.92 Å². The number of ether oxygens (including phenoxy) is 4. The molecule has 0 spiro atoms. The molecule has 5 aliphatic carbocycles. The first-order valence-corrected chi connectivity index (χ1v) is 20.7. The minimum absolute atomic E-state index is 0.0217. The van der Waals surface area contributed by atoms with Crippen molar-refractivity contribution in [3.8, 4) is 0 Å². The number of ketones is 1. The Morgan fingerprint density at radius 1 is 0.690 bits per heavy atom. The number of carboxylic acid groups (broad SMARTS) is 3. The van der Waals surface area contributed by atoms with Crippen molar-refractivity contribution in [2.24, 2.45) is 50.2 Å². The summed E-state index contributed by atoms with van der Waals surface area (Å²) in [7, 11) is 0. The van der Waals surface area contributed by atoms with Crippen LogP contribution < -0.4 is 0 Å². The van der Waals surface area contributed by atoms with Gasteiger partial charge in [0.25, 0.3) is 0 Å². The van der Waals surface area contributed by atoms with Crippen molar-refractivity contribution in [1.29, 1.82) is 0 Å². The molecule has 6 fully saturated rings. The number of aliphatic hydroxyl groups excluding tert-OH is 5. The van der Waals surface area contributed by atoms with Crippen LogP contribution in [-0.4, -0.2) is 132 Å². The third-order valence-corrected chi connectivity index (χ3v) is 17.2. The molecule has 0 aromatic rings. The van der Waals surface area contributed by atoms with Crippen LogP contribution in [0.5, 0.6) is 0 Å². The minimum atomic E-state index is -2.05. The molecule has 7 aliphatic rings. The monoisotopic (exact) mass is 822 g/mol. The Labute approximate surface area is 337 Å². The van der Waals surface area contributed by atoms with Crippen LogP contribution in [-0.2, 0) is 38.1 Å². The molecule has 0 bridgehead atoms. The molecular formula is C42H62O16. The van der Waals surface area contributed by atoms with Gasteiger partial charge in [-0.25, -0.2) is 9.59 Å². The topological polar surface area (TPSA) is 267 Å². The van der Waals surface area contributed by atoms with Crippen molar-refractivity contribution in [2.75, 3.05) is 0 Å². The molecular weight excluding hydrogens is 760 g/mol. The molecule has 16 nitrogen and oxygen atoms in total. The molecule has 16 heteroatoms. The molecule has 0 radical (unpaired) electrons. The van der Waals surface area contributed by atoms with Gasteiger partial charge in [0.15, 0.2) is 30.6 Å². The van der Waals surface area contributed by atoms with E-state index in [0.717, 1.165) is 37.7 Å². The summed E-state index contributed by atoms with van der Waals surface area (Å²) in [6.07, 6.45) is -12.2. The van der Waals surface area contributed by atoms with Gasteiger partial charge in [-0.05, 0) is 110 Å². The standard InChI is InChI=1S/C42H62O16/c1-37(2)21-8-11-42(7)31(20(43)16-18-19-17-39(4,36(53)54)13-12-38(19,3)14-15-41(18,42)6)40(21,5)10-9-22(37)55-35-30(26(47)25(46)29(57-35)33(51)52)58-34-27(48)23(44)24(45)28(56-34)32(49)50/h16,19,21-31,34-35,44-48H,8-15,17H2,1-7H3,(H,49,50)(H,51,52)(H,53,54)/t19-,21-,22-,23-,24-,25-,26-,27+,28-,29-,30+,31+,34-,35-,38+,39-,40-,41-,42-/m0/s1. The van der Waals surface area contributed by atoms with Crippen LogP contribution in [0.25, 0.3) is 0 Å². The van der Waals surface area contributed by atoms with Crippen molar-refractivity contribution < 1.29 is 79.0 Å². The van der Waals surface area contributed by atoms with Gasteiger partial charge in [-0.3, -0.25) is 9.59 Å². The lowest BCUT2D eigenvalue weighted by Crippen LogP contribution is -2.68. The average molecular weight is 823 g/mol. The average Bonchev–Trinajstić information content (AvgIpc) is 3.13. The maximum Gasteiger partial charge on any atom is 0.335 e. The van der Waals surface area contributed by atoms with Crippen LogP contribution in [0.1, 0.15) is 106 Å². The highest BCUT2D eigenvalue weighted by atomic mass is 16.8. The molecule has 0 amide bonds. The molecule has 0 aromatic heterocycles. The normalized spacial score (nSPS) is 52.6. The second-order valence-electron chi connectivity index (χ2n) is 20.6. The number of aliphatic carboxylic acids is 3. The maximum absolute atomic E-state index is 14.8. The third kappa shape index (κ3) is 6.25. The zero-order valence-corrected chi connectivity index (χ0v) is 34.4. The summed E-state index contributed by atoms with van der Waals surface area (Å²) in [6, 6.07) is 0. The van der Waals surface area contributed by atoms with Crippen molar-refractivity contribution >= 4 is 23.7 Å². The van der Waals surface area contributed by atoms with Gasteiger partial charge >= 0.3 is 17.9 Å². The van der Waals surface area contributed by atoms with E-state index in [9.17, 15) is 60.0 Å². The Kier molecular flexibility index (Phi) is 10.7. The maximum atomic E-state index is 14.8. The zero-order chi connectivity index (χ0) is 42.9. The highest BCUT2D eigenvalue weighted by Crippen LogP contribution is 2.75.